The topological polar surface area (TPSA) is 59.7 Å². The number of hydrogen-bond acceptors (Lipinski definition) is 4. The predicted octanol–water partition coefficient (Wildman–Crippen LogP) is 4.19. The van der Waals surface area contributed by atoms with Crippen LogP contribution in [0.5, 0.6) is 5.75 Å². The molecule has 0 unspecified atom stereocenters. The summed E-state index contributed by atoms with van der Waals surface area (Å²) in [5.41, 5.74) is 0.190. The Morgan fingerprint density at radius 1 is 1.19 bits per heavy atom. The molecule has 1 N–H and O–H groups in total. The van der Waals surface area contributed by atoms with Gasteiger partial charge in [-0.3, -0.25) is 0 Å². The molecule has 0 amide bonds. The smallest absolute Gasteiger partial charge is 0.341 e. The Labute approximate surface area is 125 Å². The lowest BCUT2D eigenvalue weighted by atomic mass is 10.2. The second-order valence-electron chi connectivity index (χ2n) is 4.55. The van der Waals surface area contributed by atoms with E-state index in [9.17, 15) is 4.79 Å². The van der Waals surface area contributed by atoms with Crippen molar-refractivity contribution in [2.75, 3.05) is 7.11 Å². The largest absolute Gasteiger partial charge is 0.507 e. The molecule has 0 aliphatic heterocycles. The monoisotopic (exact) mass is 290 g/mol. The van der Waals surface area contributed by atoms with Gasteiger partial charge in [0.15, 0.2) is 0 Å². The number of hydrogen-bond donors (Lipinski definition) is 1. The number of rotatable bonds is 5. The third kappa shape index (κ3) is 6.17. The normalized spacial score (nSPS) is 9.62. The number of esters is 1. The number of aromatic hydroxyl groups is 1. The Balaban J connectivity index is 0.000000211. The van der Waals surface area contributed by atoms with E-state index in [2.05, 4.69) is 11.7 Å². The molecule has 0 saturated heterocycles. The van der Waals surface area contributed by atoms with E-state index in [1.165, 1.54) is 38.5 Å². The molecule has 0 spiro atoms. The first-order chi connectivity index (χ1) is 10.2. The van der Waals surface area contributed by atoms with E-state index >= 15 is 0 Å². The molecule has 0 atom stereocenters. The summed E-state index contributed by atoms with van der Waals surface area (Å²) in [4.78, 5) is 10.9. The highest BCUT2D eigenvalue weighted by Gasteiger charge is 2.08. The number of para-hydroxylation sites is 1. The molecular formula is C17H22O4. The summed E-state index contributed by atoms with van der Waals surface area (Å²) < 4.78 is 9.60. The summed E-state index contributed by atoms with van der Waals surface area (Å²) in [7, 11) is 1.27. The van der Waals surface area contributed by atoms with Gasteiger partial charge in [0.05, 0.1) is 13.4 Å². The van der Waals surface area contributed by atoms with Crippen LogP contribution in [0.3, 0.4) is 0 Å². The van der Waals surface area contributed by atoms with Crippen LogP contribution in [0, 0.1) is 0 Å². The molecule has 0 saturated carbocycles. The Morgan fingerprint density at radius 2 is 1.95 bits per heavy atom. The average molecular weight is 290 g/mol. The van der Waals surface area contributed by atoms with E-state index in [-0.39, 0.29) is 11.3 Å². The van der Waals surface area contributed by atoms with Crippen LogP contribution in [0.25, 0.3) is 0 Å². The fraction of sp³-hybridized carbons (Fsp3) is 0.353. The van der Waals surface area contributed by atoms with Crippen LogP contribution in [-0.2, 0) is 11.2 Å². The van der Waals surface area contributed by atoms with Gasteiger partial charge in [0.2, 0.25) is 0 Å². The molecule has 1 heterocycles. The number of benzene rings is 1. The van der Waals surface area contributed by atoms with Crippen LogP contribution in [0.1, 0.15) is 42.3 Å². The minimum absolute atomic E-state index is 0.0562. The lowest BCUT2D eigenvalue weighted by Gasteiger charge is -1.99. The van der Waals surface area contributed by atoms with Crippen molar-refractivity contribution in [2.24, 2.45) is 0 Å². The summed E-state index contributed by atoms with van der Waals surface area (Å²) in [6.45, 7) is 2.21. The number of methoxy groups -OCH3 is 1. The van der Waals surface area contributed by atoms with Crippen molar-refractivity contribution in [3.63, 3.8) is 0 Å². The van der Waals surface area contributed by atoms with Gasteiger partial charge in [-0.2, -0.15) is 0 Å². The Bertz CT molecular complexity index is 517. The maximum atomic E-state index is 10.9. The number of carbonyl (C=O) groups is 1. The lowest BCUT2D eigenvalue weighted by Crippen LogP contribution is -2.00. The summed E-state index contributed by atoms with van der Waals surface area (Å²) in [6, 6.07) is 10.2. The van der Waals surface area contributed by atoms with Gasteiger partial charge in [-0.25, -0.2) is 4.79 Å². The van der Waals surface area contributed by atoms with Crippen LogP contribution in [-0.4, -0.2) is 18.2 Å². The zero-order valence-corrected chi connectivity index (χ0v) is 12.5. The van der Waals surface area contributed by atoms with Crippen molar-refractivity contribution in [3.05, 3.63) is 54.0 Å². The number of aryl methyl sites for hydroxylation is 1. The van der Waals surface area contributed by atoms with Gasteiger partial charge in [0, 0.05) is 6.42 Å². The summed E-state index contributed by atoms with van der Waals surface area (Å²) >= 11 is 0. The summed E-state index contributed by atoms with van der Waals surface area (Å²) in [6.07, 6.45) is 6.67. The molecule has 0 bridgehead atoms. The van der Waals surface area contributed by atoms with Crippen LogP contribution < -0.4 is 0 Å². The maximum absolute atomic E-state index is 10.9. The first kappa shape index (κ1) is 16.8. The molecule has 4 heteroatoms. The van der Waals surface area contributed by atoms with E-state index in [0.29, 0.717) is 0 Å². The van der Waals surface area contributed by atoms with Crippen molar-refractivity contribution in [3.8, 4) is 5.75 Å². The van der Waals surface area contributed by atoms with Crippen molar-refractivity contribution < 1.29 is 19.1 Å². The number of furan rings is 1. The first-order valence-corrected chi connectivity index (χ1v) is 7.07. The van der Waals surface area contributed by atoms with Crippen molar-refractivity contribution >= 4 is 5.97 Å². The van der Waals surface area contributed by atoms with Crippen molar-refractivity contribution in [1.82, 2.24) is 0 Å². The van der Waals surface area contributed by atoms with Crippen LogP contribution in [0.2, 0.25) is 0 Å². The van der Waals surface area contributed by atoms with Gasteiger partial charge in [-0.15, -0.1) is 0 Å². The number of phenols is 1. The maximum Gasteiger partial charge on any atom is 0.341 e. The van der Waals surface area contributed by atoms with Gasteiger partial charge in [-0.1, -0.05) is 31.9 Å². The summed E-state index contributed by atoms with van der Waals surface area (Å²) in [5.74, 6) is 0.538. The Hall–Kier alpha value is -2.23. The van der Waals surface area contributed by atoms with Crippen molar-refractivity contribution in [1.29, 1.82) is 0 Å². The van der Waals surface area contributed by atoms with Crippen LogP contribution in [0.4, 0.5) is 0 Å². The van der Waals surface area contributed by atoms with E-state index in [0.717, 1.165) is 12.2 Å². The highest BCUT2D eigenvalue weighted by atomic mass is 16.5. The molecular weight excluding hydrogens is 268 g/mol. The lowest BCUT2D eigenvalue weighted by molar-refractivity contribution is 0.0597. The zero-order valence-electron chi connectivity index (χ0n) is 12.5. The van der Waals surface area contributed by atoms with Gasteiger partial charge in [-0.05, 0) is 30.7 Å². The van der Waals surface area contributed by atoms with Crippen LogP contribution in [0.15, 0.2) is 47.1 Å². The van der Waals surface area contributed by atoms with Crippen molar-refractivity contribution in [2.45, 2.75) is 32.6 Å². The molecule has 1 aromatic heterocycles. The number of unbranched alkanes of at least 4 members (excludes halogenated alkanes) is 2. The molecule has 1 aromatic carbocycles. The Morgan fingerprint density at radius 3 is 2.52 bits per heavy atom. The molecule has 0 fully saturated rings. The third-order valence-corrected chi connectivity index (χ3v) is 2.92. The fourth-order valence-corrected chi connectivity index (χ4v) is 1.76. The molecule has 21 heavy (non-hydrogen) atoms. The minimum atomic E-state index is -0.525. The summed E-state index contributed by atoms with van der Waals surface area (Å²) in [5, 5.41) is 9.11. The molecule has 2 aromatic rings. The molecule has 0 radical (unpaired) electrons. The highest BCUT2D eigenvalue weighted by Crippen LogP contribution is 2.15. The number of ether oxygens (including phenoxy) is 1. The predicted molar refractivity (Wildman–Crippen MR) is 81.4 cm³/mol. The number of phenolic OH excluding ortho intramolecular Hbond substituents is 1. The van der Waals surface area contributed by atoms with Gasteiger partial charge >= 0.3 is 5.97 Å². The first-order valence-electron chi connectivity index (χ1n) is 7.07. The second-order valence-corrected chi connectivity index (χ2v) is 4.55. The van der Waals surface area contributed by atoms with E-state index < -0.39 is 5.97 Å². The van der Waals surface area contributed by atoms with E-state index in [4.69, 9.17) is 9.52 Å². The number of carbonyl (C=O) groups excluding carboxylic acids is 1. The third-order valence-electron chi connectivity index (χ3n) is 2.92. The molecule has 114 valence electrons. The fourth-order valence-electron chi connectivity index (χ4n) is 1.76. The van der Waals surface area contributed by atoms with Gasteiger partial charge < -0.3 is 14.3 Å². The molecule has 0 aliphatic rings. The minimum Gasteiger partial charge on any atom is -0.507 e. The molecule has 4 nitrogen and oxygen atoms in total. The quantitative estimate of drug-likeness (QED) is 0.662. The second kappa shape index (κ2) is 9.64. The SMILES string of the molecule is CCCCCc1ccco1.COC(=O)c1ccccc1O. The highest BCUT2D eigenvalue weighted by molar-refractivity contribution is 5.92. The van der Waals surface area contributed by atoms with E-state index in [1.54, 1.807) is 18.4 Å². The van der Waals surface area contributed by atoms with Gasteiger partial charge in [0.25, 0.3) is 0 Å². The zero-order chi connectivity index (χ0) is 15.5. The standard InChI is InChI=1S/C9H14O.C8H8O3/c1-2-3-4-6-9-7-5-8-10-9;1-11-8(10)6-4-2-3-5-7(6)9/h5,7-8H,2-4,6H2,1H3;2-5,9H,1H3. The molecule has 2 rings (SSSR count). The van der Waals surface area contributed by atoms with E-state index in [1.807, 2.05) is 12.1 Å². The Kier molecular flexibility index (Phi) is 7.72. The molecule has 0 aliphatic carbocycles. The van der Waals surface area contributed by atoms with Crippen LogP contribution >= 0.6 is 0 Å². The average Bonchev–Trinajstić information content (AvgIpc) is 3.01. The van der Waals surface area contributed by atoms with Gasteiger partial charge in [0.1, 0.15) is 17.1 Å².